The summed E-state index contributed by atoms with van der Waals surface area (Å²) < 4.78 is 0. The first kappa shape index (κ1) is 11.9. The topological polar surface area (TPSA) is 63.8 Å². The molecule has 1 aromatic carbocycles. The molecule has 0 saturated heterocycles. The Hall–Kier alpha value is -2.14. The first-order valence-electron chi connectivity index (χ1n) is 6.12. The summed E-state index contributed by atoms with van der Waals surface area (Å²) in [5.41, 5.74) is 7.45. The van der Waals surface area contributed by atoms with Gasteiger partial charge in [-0.15, -0.1) is 11.3 Å². The van der Waals surface area contributed by atoms with Crippen LogP contribution in [-0.4, -0.2) is 9.97 Å². The van der Waals surface area contributed by atoms with Crippen molar-refractivity contribution in [3.63, 3.8) is 0 Å². The van der Waals surface area contributed by atoms with Crippen molar-refractivity contribution in [3.8, 4) is 0 Å². The van der Waals surface area contributed by atoms with Crippen LogP contribution in [0.25, 0.3) is 10.2 Å². The largest absolute Gasteiger partial charge is 0.399 e. The van der Waals surface area contributed by atoms with E-state index >= 15 is 0 Å². The molecule has 0 aliphatic heterocycles. The van der Waals surface area contributed by atoms with Crippen LogP contribution in [0.1, 0.15) is 11.8 Å². The molecule has 0 aliphatic rings. The Balaban J connectivity index is 2.02. The van der Waals surface area contributed by atoms with E-state index < -0.39 is 0 Å². The summed E-state index contributed by atoms with van der Waals surface area (Å²) in [5, 5.41) is 4.36. The molecule has 0 aliphatic carbocycles. The molecule has 0 amide bonds. The number of benzene rings is 1. The maximum atomic E-state index is 5.78. The van der Waals surface area contributed by atoms with Gasteiger partial charge in [0.1, 0.15) is 17.0 Å². The molecule has 2 aromatic heterocycles. The third-order valence-electron chi connectivity index (χ3n) is 2.88. The molecular weight excluding hydrogens is 256 g/mol. The first-order chi connectivity index (χ1) is 9.26. The van der Waals surface area contributed by atoms with Gasteiger partial charge >= 0.3 is 0 Å². The van der Waals surface area contributed by atoms with E-state index in [0.717, 1.165) is 33.8 Å². The predicted octanol–water partition coefficient (Wildman–Crippen LogP) is 3.58. The van der Waals surface area contributed by atoms with Crippen LogP contribution in [0.3, 0.4) is 0 Å². The van der Waals surface area contributed by atoms with E-state index in [9.17, 15) is 0 Å². The van der Waals surface area contributed by atoms with Crippen molar-refractivity contribution in [1.82, 2.24) is 9.97 Å². The average Bonchev–Trinajstić information content (AvgIpc) is 2.83. The Morgan fingerprint density at radius 1 is 1.26 bits per heavy atom. The molecule has 2 heterocycles. The van der Waals surface area contributed by atoms with Gasteiger partial charge in [0.25, 0.3) is 0 Å². The summed E-state index contributed by atoms with van der Waals surface area (Å²) in [6, 6.07) is 9.79. The van der Waals surface area contributed by atoms with Gasteiger partial charge in [0.15, 0.2) is 0 Å². The Labute approximate surface area is 115 Å². The number of aromatic nitrogens is 2. The molecule has 3 N–H and O–H groups in total. The molecule has 5 heteroatoms. The van der Waals surface area contributed by atoms with Gasteiger partial charge in [-0.3, -0.25) is 0 Å². The number of hydrogen-bond acceptors (Lipinski definition) is 5. The molecule has 0 saturated carbocycles. The zero-order valence-electron chi connectivity index (χ0n) is 10.6. The number of nitrogens with zero attached hydrogens (tertiary/aromatic N) is 2. The standard InChI is InChI=1S/C14H14N4S/c1-2-11-7-12-13(16-8-17-14(12)19-11)18-10-5-3-4-9(15)6-10/h3-8H,2,15H2,1H3,(H,16,17,18). The zero-order valence-corrected chi connectivity index (χ0v) is 11.4. The van der Waals surface area contributed by atoms with Gasteiger partial charge in [0.05, 0.1) is 5.39 Å². The lowest BCUT2D eigenvalue weighted by Crippen LogP contribution is -1.95. The number of rotatable bonds is 3. The van der Waals surface area contributed by atoms with Crippen molar-refractivity contribution in [2.45, 2.75) is 13.3 Å². The second-order valence-electron chi connectivity index (χ2n) is 4.26. The van der Waals surface area contributed by atoms with E-state index in [1.54, 1.807) is 17.7 Å². The number of thiophene rings is 1. The molecular formula is C14H14N4S. The number of nitrogens with two attached hydrogens (primary N) is 1. The summed E-state index contributed by atoms with van der Waals surface area (Å²) in [6.07, 6.45) is 2.60. The average molecular weight is 270 g/mol. The molecule has 0 atom stereocenters. The van der Waals surface area contributed by atoms with Crippen LogP contribution < -0.4 is 11.1 Å². The van der Waals surface area contributed by atoms with E-state index in [4.69, 9.17) is 5.73 Å². The van der Waals surface area contributed by atoms with Crippen LogP contribution in [0.4, 0.5) is 17.2 Å². The molecule has 0 bridgehead atoms. The molecule has 19 heavy (non-hydrogen) atoms. The van der Waals surface area contributed by atoms with Crippen LogP contribution in [0.2, 0.25) is 0 Å². The van der Waals surface area contributed by atoms with Gasteiger partial charge in [-0.05, 0) is 30.7 Å². The van der Waals surface area contributed by atoms with Gasteiger partial charge < -0.3 is 11.1 Å². The summed E-state index contributed by atoms with van der Waals surface area (Å²) in [4.78, 5) is 11.0. The Kier molecular flexibility index (Phi) is 3.05. The molecule has 3 rings (SSSR count). The van der Waals surface area contributed by atoms with E-state index in [2.05, 4.69) is 28.3 Å². The van der Waals surface area contributed by atoms with Gasteiger partial charge in [0.2, 0.25) is 0 Å². The van der Waals surface area contributed by atoms with Crippen LogP contribution in [0.15, 0.2) is 36.7 Å². The molecule has 0 radical (unpaired) electrons. The molecule has 0 spiro atoms. The second kappa shape index (κ2) is 4.85. The van der Waals surface area contributed by atoms with Crippen LogP contribution in [0.5, 0.6) is 0 Å². The Bertz CT molecular complexity index is 720. The van der Waals surface area contributed by atoms with Gasteiger partial charge in [-0.1, -0.05) is 13.0 Å². The summed E-state index contributed by atoms with van der Waals surface area (Å²) in [5.74, 6) is 0.826. The van der Waals surface area contributed by atoms with Crippen LogP contribution >= 0.6 is 11.3 Å². The number of fused-ring (bicyclic) bond motifs is 1. The smallest absolute Gasteiger partial charge is 0.142 e. The van der Waals surface area contributed by atoms with E-state index in [0.29, 0.717) is 0 Å². The highest BCUT2D eigenvalue weighted by Crippen LogP contribution is 2.30. The van der Waals surface area contributed by atoms with E-state index in [-0.39, 0.29) is 0 Å². The number of nitrogens with one attached hydrogen (secondary N) is 1. The van der Waals surface area contributed by atoms with Crippen molar-refractivity contribution in [1.29, 1.82) is 0 Å². The quantitative estimate of drug-likeness (QED) is 0.714. The van der Waals surface area contributed by atoms with Gasteiger partial charge in [-0.25, -0.2) is 9.97 Å². The van der Waals surface area contributed by atoms with Gasteiger partial charge in [0, 0.05) is 16.3 Å². The van der Waals surface area contributed by atoms with Crippen LogP contribution in [-0.2, 0) is 6.42 Å². The monoisotopic (exact) mass is 270 g/mol. The maximum absolute atomic E-state index is 5.78. The Morgan fingerprint density at radius 2 is 2.16 bits per heavy atom. The number of nitrogen functional groups attached to an aromatic ring is 1. The first-order valence-corrected chi connectivity index (χ1v) is 6.94. The SMILES string of the molecule is CCc1cc2c(Nc3cccc(N)c3)ncnc2s1. The molecule has 96 valence electrons. The molecule has 0 unspecified atom stereocenters. The fourth-order valence-electron chi connectivity index (χ4n) is 1.93. The maximum Gasteiger partial charge on any atom is 0.142 e. The van der Waals surface area contributed by atoms with Crippen molar-refractivity contribution in [2.24, 2.45) is 0 Å². The summed E-state index contributed by atoms with van der Waals surface area (Å²) in [7, 11) is 0. The highest BCUT2D eigenvalue weighted by atomic mass is 32.1. The lowest BCUT2D eigenvalue weighted by atomic mass is 10.2. The normalized spacial score (nSPS) is 10.8. The van der Waals surface area contributed by atoms with Crippen molar-refractivity contribution < 1.29 is 0 Å². The van der Waals surface area contributed by atoms with Crippen molar-refractivity contribution in [2.75, 3.05) is 11.1 Å². The minimum Gasteiger partial charge on any atom is -0.399 e. The van der Waals surface area contributed by atoms with Crippen molar-refractivity contribution >= 4 is 38.7 Å². The van der Waals surface area contributed by atoms with E-state index in [1.165, 1.54) is 4.88 Å². The lowest BCUT2D eigenvalue weighted by Gasteiger charge is -2.06. The van der Waals surface area contributed by atoms with Gasteiger partial charge in [-0.2, -0.15) is 0 Å². The summed E-state index contributed by atoms with van der Waals surface area (Å²) >= 11 is 1.71. The minimum absolute atomic E-state index is 0.731. The fourth-order valence-corrected chi connectivity index (χ4v) is 2.87. The van der Waals surface area contributed by atoms with Crippen molar-refractivity contribution in [3.05, 3.63) is 41.5 Å². The third-order valence-corrected chi connectivity index (χ3v) is 4.07. The molecule has 4 nitrogen and oxygen atoms in total. The van der Waals surface area contributed by atoms with Crippen LogP contribution in [0, 0.1) is 0 Å². The third kappa shape index (κ3) is 2.37. The highest BCUT2D eigenvalue weighted by Gasteiger charge is 2.08. The van der Waals surface area contributed by atoms with E-state index in [1.807, 2.05) is 24.3 Å². The Morgan fingerprint density at radius 3 is 2.95 bits per heavy atom. The number of aryl methyl sites for hydroxylation is 1. The second-order valence-corrected chi connectivity index (χ2v) is 5.37. The molecule has 0 fully saturated rings. The molecule has 3 aromatic rings. The number of hydrogen-bond donors (Lipinski definition) is 2. The highest BCUT2D eigenvalue weighted by molar-refractivity contribution is 7.18. The predicted molar refractivity (Wildman–Crippen MR) is 80.9 cm³/mol. The lowest BCUT2D eigenvalue weighted by molar-refractivity contribution is 1.19. The fraction of sp³-hybridized carbons (Fsp3) is 0.143. The number of anilines is 3. The zero-order chi connectivity index (χ0) is 13.2. The minimum atomic E-state index is 0.731. The summed E-state index contributed by atoms with van der Waals surface area (Å²) in [6.45, 7) is 2.14.